The van der Waals surface area contributed by atoms with Crippen LogP contribution in [0.3, 0.4) is 0 Å². The minimum absolute atomic E-state index is 0.000311. The van der Waals surface area contributed by atoms with Crippen molar-refractivity contribution in [1.82, 2.24) is 0 Å². The van der Waals surface area contributed by atoms with Gasteiger partial charge in [-0.15, -0.1) is 0 Å². The van der Waals surface area contributed by atoms with E-state index in [0.717, 1.165) is 18.6 Å². The molecular formula is C25H27OS+. The molecule has 3 aromatic rings. The molecule has 1 nitrogen and oxygen atoms in total. The van der Waals surface area contributed by atoms with Crippen molar-refractivity contribution in [2.45, 2.75) is 59.3 Å². The Labute approximate surface area is 165 Å². The molecule has 0 radical (unpaired) electrons. The van der Waals surface area contributed by atoms with Crippen LogP contribution >= 0.6 is 0 Å². The molecule has 0 aromatic heterocycles. The van der Waals surface area contributed by atoms with E-state index in [1.807, 2.05) is 0 Å². The summed E-state index contributed by atoms with van der Waals surface area (Å²) >= 11 is 0. The molecule has 0 aliphatic heterocycles. The second-order valence-corrected chi connectivity index (χ2v) is 9.54. The fourth-order valence-corrected chi connectivity index (χ4v) is 5.93. The van der Waals surface area contributed by atoms with E-state index in [1.54, 1.807) is 0 Å². The van der Waals surface area contributed by atoms with Crippen LogP contribution in [-0.2, 0) is 10.9 Å². The first-order valence-electron chi connectivity index (χ1n) is 9.87. The van der Waals surface area contributed by atoms with E-state index in [4.69, 9.17) is 4.74 Å². The van der Waals surface area contributed by atoms with Gasteiger partial charge in [0.2, 0.25) is 0 Å². The van der Waals surface area contributed by atoms with Gasteiger partial charge in [0.1, 0.15) is 11.4 Å². The highest BCUT2D eigenvalue weighted by Crippen LogP contribution is 2.35. The molecule has 1 aliphatic rings. The van der Waals surface area contributed by atoms with Crippen molar-refractivity contribution in [1.29, 1.82) is 0 Å². The Morgan fingerprint density at radius 2 is 1.11 bits per heavy atom. The quantitative estimate of drug-likeness (QED) is 0.441. The topological polar surface area (TPSA) is 9.23 Å². The molecule has 0 bridgehead atoms. The van der Waals surface area contributed by atoms with Gasteiger partial charge in [-0.1, -0.05) is 42.8 Å². The normalized spacial score (nSPS) is 16.2. The molecule has 0 saturated heterocycles. The summed E-state index contributed by atoms with van der Waals surface area (Å²) in [5, 5.41) is 0. The Kier molecular flexibility index (Phi) is 5.54. The molecule has 0 unspecified atom stereocenters. The zero-order valence-electron chi connectivity index (χ0n) is 15.9. The van der Waals surface area contributed by atoms with Crippen LogP contribution in [0.25, 0.3) is 0 Å². The molecular weight excluding hydrogens is 348 g/mol. The first kappa shape index (κ1) is 18.2. The van der Waals surface area contributed by atoms with E-state index in [9.17, 15) is 0 Å². The average Bonchev–Trinajstić information content (AvgIpc) is 2.71. The van der Waals surface area contributed by atoms with Crippen LogP contribution < -0.4 is 4.74 Å². The summed E-state index contributed by atoms with van der Waals surface area (Å²) in [6.07, 6.45) is 6.22. The zero-order valence-corrected chi connectivity index (χ0v) is 16.8. The van der Waals surface area contributed by atoms with Crippen molar-refractivity contribution in [3.63, 3.8) is 0 Å². The fraction of sp³-hybridized carbons (Fsp3) is 0.280. The lowest BCUT2D eigenvalue weighted by molar-refractivity contribution is 0.0487. The minimum Gasteiger partial charge on any atom is -0.488 e. The molecule has 0 spiro atoms. The molecule has 0 amide bonds. The molecule has 1 saturated carbocycles. The van der Waals surface area contributed by atoms with Crippen LogP contribution in [0.15, 0.2) is 99.6 Å². The van der Waals surface area contributed by atoms with Crippen LogP contribution in [0, 0.1) is 0 Å². The average molecular weight is 376 g/mol. The van der Waals surface area contributed by atoms with E-state index < -0.39 is 0 Å². The molecule has 3 aromatic carbocycles. The lowest BCUT2D eigenvalue weighted by atomic mass is 9.86. The molecule has 138 valence electrons. The Morgan fingerprint density at radius 1 is 0.630 bits per heavy atom. The zero-order chi connectivity index (χ0) is 18.5. The van der Waals surface area contributed by atoms with Gasteiger partial charge < -0.3 is 4.74 Å². The SMILES string of the molecule is CC1(Oc2ccc([S+](c3ccccc3)c3ccccc3)cc2)CCCCC1. The van der Waals surface area contributed by atoms with Crippen molar-refractivity contribution >= 4 is 10.9 Å². The number of hydrogen-bond donors (Lipinski definition) is 0. The van der Waals surface area contributed by atoms with E-state index in [0.29, 0.717) is 0 Å². The lowest BCUT2D eigenvalue weighted by Gasteiger charge is -2.34. The summed E-state index contributed by atoms with van der Waals surface area (Å²) in [6, 6.07) is 30.4. The highest BCUT2D eigenvalue weighted by molar-refractivity contribution is 7.97. The Morgan fingerprint density at radius 3 is 1.63 bits per heavy atom. The molecule has 4 rings (SSSR count). The predicted molar refractivity (Wildman–Crippen MR) is 114 cm³/mol. The molecule has 1 aliphatic carbocycles. The van der Waals surface area contributed by atoms with Crippen molar-refractivity contribution in [3.8, 4) is 5.75 Å². The van der Waals surface area contributed by atoms with Gasteiger partial charge in [-0.3, -0.25) is 0 Å². The lowest BCUT2D eigenvalue weighted by Crippen LogP contribution is -2.34. The largest absolute Gasteiger partial charge is 0.488 e. The standard InChI is InChI=1S/C25H27OS/c1-25(19-9-4-10-20-25)26-21-15-17-24(18-16-21)27(22-11-5-2-6-12-22)23-13-7-3-8-14-23/h2-3,5-8,11-18H,4,9-10,19-20H2,1H3/q+1. The van der Waals surface area contributed by atoms with E-state index in [1.165, 1.54) is 33.9 Å². The highest BCUT2D eigenvalue weighted by Gasteiger charge is 2.30. The summed E-state index contributed by atoms with van der Waals surface area (Å²) in [5.74, 6) is 0.993. The summed E-state index contributed by atoms with van der Waals surface area (Å²) in [5.41, 5.74) is 0.000311. The van der Waals surface area contributed by atoms with Crippen LogP contribution in [0.4, 0.5) is 0 Å². The monoisotopic (exact) mass is 375 g/mol. The molecule has 0 atom stereocenters. The molecule has 0 N–H and O–H groups in total. The van der Waals surface area contributed by atoms with Crippen LogP contribution in [0.5, 0.6) is 5.75 Å². The number of ether oxygens (including phenoxy) is 1. The Hall–Kier alpha value is -2.19. The van der Waals surface area contributed by atoms with Gasteiger partial charge in [0, 0.05) is 0 Å². The van der Waals surface area contributed by atoms with Gasteiger partial charge in [0.25, 0.3) is 0 Å². The molecule has 27 heavy (non-hydrogen) atoms. The van der Waals surface area contributed by atoms with Crippen LogP contribution in [0.1, 0.15) is 39.0 Å². The van der Waals surface area contributed by atoms with Crippen molar-refractivity contribution < 1.29 is 4.74 Å². The van der Waals surface area contributed by atoms with Crippen molar-refractivity contribution in [2.75, 3.05) is 0 Å². The third-order valence-electron chi connectivity index (χ3n) is 5.29. The maximum absolute atomic E-state index is 6.39. The van der Waals surface area contributed by atoms with Crippen molar-refractivity contribution in [2.24, 2.45) is 0 Å². The summed E-state index contributed by atoms with van der Waals surface area (Å²) < 4.78 is 6.39. The maximum Gasteiger partial charge on any atom is 0.166 e. The predicted octanol–water partition coefficient (Wildman–Crippen LogP) is 6.88. The third-order valence-corrected chi connectivity index (χ3v) is 7.52. The molecule has 1 fully saturated rings. The van der Waals surface area contributed by atoms with E-state index in [-0.39, 0.29) is 16.5 Å². The van der Waals surface area contributed by atoms with Gasteiger partial charge in [-0.2, -0.15) is 0 Å². The van der Waals surface area contributed by atoms with Gasteiger partial charge >= 0.3 is 0 Å². The van der Waals surface area contributed by atoms with E-state index >= 15 is 0 Å². The highest BCUT2D eigenvalue weighted by atomic mass is 32.2. The summed E-state index contributed by atoms with van der Waals surface area (Å²) in [4.78, 5) is 4.02. The first-order chi connectivity index (χ1) is 13.2. The van der Waals surface area contributed by atoms with Crippen molar-refractivity contribution in [3.05, 3.63) is 84.9 Å². The third kappa shape index (κ3) is 4.39. The van der Waals surface area contributed by atoms with E-state index in [2.05, 4.69) is 91.9 Å². The smallest absolute Gasteiger partial charge is 0.166 e. The second-order valence-electron chi connectivity index (χ2n) is 7.52. The summed E-state index contributed by atoms with van der Waals surface area (Å²) in [7, 11) is -0.0956. The Bertz CT molecular complexity index is 797. The number of benzene rings is 3. The Balaban J connectivity index is 1.61. The number of rotatable bonds is 5. The van der Waals surface area contributed by atoms with Crippen LogP contribution in [-0.4, -0.2) is 5.60 Å². The maximum atomic E-state index is 6.39. The second kappa shape index (κ2) is 8.22. The number of hydrogen-bond acceptors (Lipinski definition) is 1. The fourth-order valence-electron chi connectivity index (χ4n) is 3.85. The molecule has 0 heterocycles. The van der Waals surface area contributed by atoms with Crippen LogP contribution in [0.2, 0.25) is 0 Å². The van der Waals surface area contributed by atoms with Gasteiger partial charge in [0.05, 0.1) is 10.9 Å². The minimum atomic E-state index is -0.0956. The first-order valence-corrected chi connectivity index (χ1v) is 11.1. The molecule has 2 heteroatoms. The van der Waals surface area contributed by atoms with Gasteiger partial charge in [-0.25, -0.2) is 0 Å². The van der Waals surface area contributed by atoms with Gasteiger partial charge in [0.15, 0.2) is 14.7 Å². The summed E-state index contributed by atoms with van der Waals surface area (Å²) in [6.45, 7) is 2.26. The van der Waals surface area contributed by atoms with Gasteiger partial charge in [-0.05, 0) is 81.1 Å².